The molecule has 3 aromatic rings. The highest BCUT2D eigenvalue weighted by Gasteiger charge is 2.16. The van der Waals surface area contributed by atoms with Gasteiger partial charge in [0.25, 0.3) is 0 Å². The summed E-state index contributed by atoms with van der Waals surface area (Å²) < 4.78 is 0. The summed E-state index contributed by atoms with van der Waals surface area (Å²) in [6, 6.07) is 18.4. The fourth-order valence-electron chi connectivity index (χ4n) is 2.43. The van der Waals surface area contributed by atoms with Crippen LogP contribution in [0, 0.1) is 6.92 Å². The molecular weight excluding hydrogens is 260 g/mol. The molecule has 3 aromatic carbocycles. The first kappa shape index (κ1) is 13.3. The van der Waals surface area contributed by atoms with E-state index in [1.54, 1.807) is 18.2 Å². The number of carbonyl (C=O) groups excluding carboxylic acids is 2. The van der Waals surface area contributed by atoms with Crippen molar-refractivity contribution >= 4 is 22.8 Å². The molecule has 0 amide bonds. The number of ketones is 1. The summed E-state index contributed by atoms with van der Waals surface area (Å²) in [4.78, 5) is 24.0. The minimum absolute atomic E-state index is 0.154. The first-order chi connectivity index (χ1) is 10.2. The Kier molecular flexibility index (Phi) is 3.36. The average Bonchev–Trinajstić information content (AvgIpc) is 2.53. The number of rotatable bonds is 3. The predicted molar refractivity (Wildman–Crippen MR) is 83.4 cm³/mol. The Bertz CT molecular complexity index is 830. The molecule has 21 heavy (non-hydrogen) atoms. The molecule has 0 atom stereocenters. The minimum atomic E-state index is -0.154. The van der Waals surface area contributed by atoms with Gasteiger partial charge in [0, 0.05) is 16.7 Å². The van der Waals surface area contributed by atoms with Crippen LogP contribution in [0.15, 0.2) is 60.7 Å². The van der Waals surface area contributed by atoms with Gasteiger partial charge in [-0.3, -0.25) is 9.59 Å². The molecule has 0 aliphatic heterocycles. The number of benzene rings is 3. The lowest BCUT2D eigenvalue weighted by atomic mass is 9.94. The second-order valence-electron chi connectivity index (χ2n) is 5.01. The molecule has 2 heteroatoms. The quantitative estimate of drug-likeness (QED) is 0.679. The van der Waals surface area contributed by atoms with E-state index < -0.39 is 0 Å². The van der Waals surface area contributed by atoms with Gasteiger partial charge in [-0.25, -0.2) is 0 Å². The summed E-state index contributed by atoms with van der Waals surface area (Å²) in [6.07, 6.45) is 1.93. The molecule has 1 radical (unpaired) electrons. The molecule has 0 unspecified atom stereocenters. The first-order valence-electron chi connectivity index (χ1n) is 6.72. The highest BCUT2D eigenvalue weighted by molar-refractivity contribution is 6.16. The number of carbonyl (C=O) groups is 1. The topological polar surface area (TPSA) is 34.1 Å². The van der Waals surface area contributed by atoms with Crippen LogP contribution in [0.4, 0.5) is 0 Å². The summed E-state index contributed by atoms with van der Waals surface area (Å²) in [7, 11) is 0. The van der Waals surface area contributed by atoms with Crippen LogP contribution in [0.3, 0.4) is 0 Å². The Hall–Kier alpha value is -2.74. The summed E-state index contributed by atoms with van der Waals surface area (Å²) >= 11 is 0. The van der Waals surface area contributed by atoms with Crippen LogP contribution in [-0.4, -0.2) is 12.1 Å². The van der Waals surface area contributed by atoms with Crippen molar-refractivity contribution in [2.75, 3.05) is 0 Å². The zero-order chi connectivity index (χ0) is 14.8. The maximum atomic E-state index is 12.6. The lowest BCUT2D eigenvalue weighted by Gasteiger charge is -2.07. The van der Waals surface area contributed by atoms with Crippen molar-refractivity contribution in [3.63, 3.8) is 0 Å². The molecule has 0 saturated carbocycles. The Morgan fingerprint density at radius 3 is 2.33 bits per heavy atom. The van der Waals surface area contributed by atoms with Gasteiger partial charge >= 0.3 is 0 Å². The van der Waals surface area contributed by atoms with Crippen LogP contribution in [0.5, 0.6) is 0 Å². The second kappa shape index (κ2) is 5.33. The van der Waals surface area contributed by atoms with Gasteiger partial charge in [0.05, 0.1) is 0 Å². The van der Waals surface area contributed by atoms with Crippen molar-refractivity contribution < 1.29 is 9.59 Å². The molecule has 0 spiro atoms. The van der Waals surface area contributed by atoms with E-state index in [-0.39, 0.29) is 5.78 Å². The van der Waals surface area contributed by atoms with E-state index in [1.165, 1.54) is 0 Å². The number of hydrogen-bond donors (Lipinski definition) is 0. The molecule has 101 valence electrons. The van der Waals surface area contributed by atoms with E-state index in [4.69, 9.17) is 0 Å². The molecule has 0 fully saturated rings. The fraction of sp³-hybridized carbons (Fsp3) is 0.0526. The van der Waals surface area contributed by atoms with Gasteiger partial charge < -0.3 is 0 Å². The average molecular weight is 273 g/mol. The number of hydrogen-bond acceptors (Lipinski definition) is 2. The molecule has 3 rings (SSSR count). The molecule has 0 bridgehead atoms. The van der Waals surface area contributed by atoms with Crippen LogP contribution in [0.25, 0.3) is 10.8 Å². The van der Waals surface area contributed by atoms with E-state index in [1.807, 2.05) is 55.7 Å². The zero-order valence-electron chi connectivity index (χ0n) is 11.6. The maximum Gasteiger partial charge on any atom is 0.234 e. The largest absolute Gasteiger partial charge is 0.289 e. The van der Waals surface area contributed by atoms with E-state index >= 15 is 0 Å². The summed E-state index contributed by atoms with van der Waals surface area (Å²) in [5.41, 5.74) is 2.39. The lowest BCUT2D eigenvalue weighted by Crippen LogP contribution is -2.06. The van der Waals surface area contributed by atoms with Gasteiger partial charge in [-0.05, 0) is 23.8 Å². The van der Waals surface area contributed by atoms with Crippen LogP contribution in [0.1, 0.15) is 27.0 Å². The highest BCUT2D eigenvalue weighted by Crippen LogP contribution is 2.23. The monoisotopic (exact) mass is 273 g/mol. The minimum Gasteiger partial charge on any atom is -0.289 e. The lowest BCUT2D eigenvalue weighted by molar-refractivity contribution is 0.103. The van der Waals surface area contributed by atoms with Crippen molar-refractivity contribution in [1.82, 2.24) is 0 Å². The molecular formula is C19H13O2. The van der Waals surface area contributed by atoms with Crippen molar-refractivity contribution in [3.8, 4) is 0 Å². The molecule has 0 aliphatic rings. The van der Waals surface area contributed by atoms with E-state index in [9.17, 15) is 9.59 Å². The third-order valence-electron chi connectivity index (χ3n) is 3.59. The van der Waals surface area contributed by atoms with Crippen LogP contribution >= 0.6 is 0 Å². The van der Waals surface area contributed by atoms with E-state index in [0.29, 0.717) is 16.7 Å². The predicted octanol–water partition coefficient (Wildman–Crippen LogP) is 3.84. The molecule has 2 nitrogen and oxygen atoms in total. The van der Waals surface area contributed by atoms with Crippen LogP contribution in [0.2, 0.25) is 0 Å². The zero-order valence-corrected chi connectivity index (χ0v) is 11.6. The third-order valence-corrected chi connectivity index (χ3v) is 3.59. The van der Waals surface area contributed by atoms with Gasteiger partial charge in [-0.15, -0.1) is 0 Å². The van der Waals surface area contributed by atoms with Gasteiger partial charge in [0.15, 0.2) is 5.78 Å². The van der Waals surface area contributed by atoms with Crippen molar-refractivity contribution in [2.24, 2.45) is 0 Å². The fourth-order valence-corrected chi connectivity index (χ4v) is 2.43. The summed E-state index contributed by atoms with van der Waals surface area (Å²) in [5, 5.41) is 1.68. The molecule has 0 saturated heterocycles. The van der Waals surface area contributed by atoms with Gasteiger partial charge in [0.1, 0.15) is 0 Å². The normalized spacial score (nSPS) is 10.5. The van der Waals surface area contributed by atoms with Crippen molar-refractivity contribution in [1.29, 1.82) is 0 Å². The Morgan fingerprint density at radius 2 is 1.62 bits per heavy atom. The molecule has 0 aromatic heterocycles. The number of fused-ring (bicyclic) bond motifs is 1. The standard InChI is InChI=1S/C19H13O2/c1-13-6-8-15(9-7-13)19(21)17-11-10-14-4-2-3-5-16(14)18(17)12-20/h2-11H,1H3. The first-order valence-corrected chi connectivity index (χ1v) is 6.72. The Balaban J connectivity index is 2.18. The highest BCUT2D eigenvalue weighted by atomic mass is 16.1. The second-order valence-corrected chi connectivity index (χ2v) is 5.01. The smallest absolute Gasteiger partial charge is 0.234 e. The van der Waals surface area contributed by atoms with E-state index in [0.717, 1.165) is 16.3 Å². The van der Waals surface area contributed by atoms with Crippen LogP contribution in [-0.2, 0) is 4.79 Å². The summed E-state index contributed by atoms with van der Waals surface area (Å²) in [5.74, 6) is -0.154. The van der Waals surface area contributed by atoms with E-state index in [2.05, 4.69) is 0 Å². The number of aryl methyl sites for hydroxylation is 1. The maximum absolute atomic E-state index is 12.6. The van der Waals surface area contributed by atoms with Crippen LogP contribution < -0.4 is 0 Å². The molecule has 0 heterocycles. The van der Waals surface area contributed by atoms with Gasteiger partial charge in [-0.1, -0.05) is 60.2 Å². The SMILES string of the molecule is Cc1ccc(C(=O)c2ccc3ccccc3c2[C]=O)cc1. The van der Waals surface area contributed by atoms with Crippen molar-refractivity contribution in [3.05, 3.63) is 82.9 Å². The van der Waals surface area contributed by atoms with Crippen molar-refractivity contribution in [2.45, 2.75) is 6.92 Å². The Morgan fingerprint density at radius 1 is 0.905 bits per heavy atom. The third kappa shape index (κ3) is 2.36. The van der Waals surface area contributed by atoms with Gasteiger partial charge in [-0.2, -0.15) is 0 Å². The Labute approximate surface area is 123 Å². The molecule has 0 N–H and O–H groups in total. The summed E-state index contributed by atoms with van der Waals surface area (Å²) in [6.45, 7) is 1.97. The van der Waals surface area contributed by atoms with Gasteiger partial charge in [0.2, 0.25) is 6.29 Å². The molecule has 0 aliphatic carbocycles.